The number of imidazole rings is 1. The van der Waals surface area contributed by atoms with E-state index in [0.29, 0.717) is 30.1 Å². The fraction of sp³-hybridized carbons (Fsp3) is 0.240. The SMILES string of the molecule is O=C(NCc1cn2ccnc2cn1)c1ccc(C2CCN(S(=O)(=O)c3ccccc3)CC2)cc1. The summed E-state index contributed by atoms with van der Waals surface area (Å²) in [5, 5.41) is 2.90. The van der Waals surface area contributed by atoms with Crippen LogP contribution in [0.3, 0.4) is 0 Å². The Bertz CT molecular complexity index is 1390. The van der Waals surface area contributed by atoms with Crippen molar-refractivity contribution in [3.8, 4) is 0 Å². The number of piperidine rings is 1. The minimum Gasteiger partial charge on any atom is -0.346 e. The number of nitrogens with one attached hydrogen (secondary N) is 1. The fourth-order valence-electron chi connectivity index (χ4n) is 4.31. The maximum Gasteiger partial charge on any atom is 0.251 e. The van der Waals surface area contributed by atoms with Gasteiger partial charge in [0.2, 0.25) is 10.0 Å². The van der Waals surface area contributed by atoms with Gasteiger partial charge in [-0.2, -0.15) is 4.31 Å². The van der Waals surface area contributed by atoms with Crippen LogP contribution in [0.1, 0.15) is 40.4 Å². The van der Waals surface area contributed by atoms with Gasteiger partial charge in [0.05, 0.1) is 23.3 Å². The molecule has 0 radical (unpaired) electrons. The Hall–Kier alpha value is -3.56. The third-order valence-electron chi connectivity index (χ3n) is 6.24. The Morgan fingerprint density at radius 1 is 1.00 bits per heavy atom. The molecule has 5 rings (SSSR count). The van der Waals surface area contributed by atoms with Crippen molar-refractivity contribution in [1.82, 2.24) is 24.0 Å². The second kappa shape index (κ2) is 9.36. The summed E-state index contributed by atoms with van der Waals surface area (Å²) in [4.78, 5) is 21.4. The quantitative estimate of drug-likeness (QED) is 0.462. The largest absolute Gasteiger partial charge is 0.346 e. The molecule has 34 heavy (non-hydrogen) atoms. The van der Waals surface area contributed by atoms with Crippen LogP contribution < -0.4 is 5.32 Å². The highest BCUT2D eigenvalue weighted by Crippen LogP contribution is 2.30. The van der Waals surface area contributed by atoms with Gasteiger partial charge in [0, 0.05) is 37.2 Å². The first-order chi connectivity index (χ1) is 16.5. The van der Waals surface area contributed by atoms with E-state index in [0.717, 1.165) is 29.7 Å². The van der Waals surface area contributed by atoms with E-state index >= 15 is 0 Å². The normalized spacial score (nSPS) is 15.4. The van der Waals surface area contributed by atoms with Crippen molar-refractivity contribution in [2.24, 2.45) is 0 Å². The minimum absolute atomic E-state index is 0.164. The molecule has 1 aliphatic rings. The molecule has 4 aromatic rings. The molecular formula is C25H25N5O3S. The van der Waals surface area contributed by atoms with Crippen LogP contribution in [0.2, 0.25) is 0 Å². The van der Waals surface area contributed by atoms with Gasteiger partial charge < -0.3 is 9.72 Å². The number of nitrogens with zero attached hydrogens (tertiary/aromatic N) is 4. The number of sulfonamides is 1. The number of hydrogen-bond acceptors (Lipinski definition) is 5. The van der Waals surface area contributed by atoms with Gasteiger partial charge in [-0.3, -0.25) is 9.78 Å². The van der Waals surface area contributed by atoms with Crippen molar-refractivity contribution < 1.29 is 13.2 Å². The number of hydrogen-bond donors (Lipinski definition) is 1. The van der Waals surface area contributed by atoms with E-state index in [9.17, 15) is 13.2 Å². The van der Waals surface area contributed by atoms with Gasteiger partial charge in [0.15, 0.2) is 5.65 Å². The highest BCUT2D eigenvalue weighted by molar-refractivity contribution is 7.89. The number of carbonyl (C=O) groups is 1. The zero-order chi connectivity index (χ0) is 23.5. The number of aromatic nitrogens is 3. The molecule has 1 fully saturated rings. The maximum atomic E-state index is 12.8. The van der Waals surface area contributed by atoms with E-state index in [1.165, 1.54) is 0 Å². The molecule has 0 aliphatic carbocycles. The molecule has 2 aromatic carbocycles. The van der Waals surface area contributed by atoms with E-state index in [-0.39, 0.29) is 11.8 Å². The summed E-state index contributed by atoms with van der Waals surface area (Å²) in [6.45, 7) is 1.29. The van der Waals surface area contributed by atoms with Crippen molar-refractivity contribution >= 4 is 21.6 Å². The molecule has 9 heteroatoms. The van der Waals surface area contributed by atoms with E-state index in [4.69, 9.17) is 0 Å². The molecular weight excluding hydrogens is 450 g/mol. The molecule has 0 atom stereocenters. The van der Waals surface area contributed by atoms with E-state index in [1.54, 1.807) is 41.0 Å². The lowest BCUT2D eigenvalue weighted by Crippen LogP contribution is -2.37. The van der Waals surface area contributed by atoms with Crippen LogP contribution in [0.25, 0.3) is 5.65 Å². The van der Waals surface area contributed by atoms with Crippen LogP contribution in [-0.2, 0) is 16.6 Å². The average Bonchev–Trinajstić information content (AvgIpc) is 3.36. The Labute approximate surface area is 198 Å². The molecule has 1 aliphatic heterocycles. The van der Waals surface area contributed by atoms with Crippen LogP contribution in [0, 0.1) is 0 Å². The van der Waals surface area contributed by atoms with Gasteiger partial charge in [-0.15, -0.1) is 0 Å². The highest BCUT2D eigenvalue weighted by atomic mass is 32.2. The number of rotatable bonds is 6. The summed E-state index contributed by atoms with van der Waals surface area (Å²) >= 11 is 0. The Kier molecular flexibility index (Phi) is 6.12. The van der Waals surface area contributed by atoms with Crippen molar-refractivity contribution in [2.75, 3.05) is 13.1 Å². The summed E-state index contributed by atoms with van der Waals surface area (Å²) in [6.07, 6.45) is 8.55. The summed E-state index contributed by atoms with van der Waals surface area (Å²) in [7, 11) is -3.45. The second-order valence-corrected chi connectivity index (χ2v) is 10.3. The molecule has 8 nitrogen and oxygen atoms in total. The van der Waals surface area contributed by atoms with Gasteiger partial charge >= 0.3 is 0 Å². The van der Waals surface area contributed by atoms with Crippen LogP contribution in [0.4, 0.5) is 0 Å². The molecule has 0 bridgehead atoms. The van der Waals surface area contributed by atoms with Crippen molar-refractivity contribution in [1.29, 1.82) is 0 Å². The molecule has 0 spiro atoms. The highest BCUT2D eigenvalue weighted by Gasteiger charge is 2.29. The zero-order valence-electron chi connectivity index (χ0n) is 18.5. The number of amides is 1. The first-order valence-electron chi connectivity index (χ1n) is 11.2. The molecule has 1 N–H and O–H groups in total. The summed E-state index contributed by atoms with van der Waals surface area (Å²) in [6, 6.07) is 16.2. The first-order valence-corrected chi connectivity index (χ1v) is 12.7. The van der Waals surface area contributed by atoms with Gasteiger partial charge in [0.25, 0.3) is 5.91 Å². The monoisotopic (exact) mass is 475 g/mol. The fourth-order valence-corrected chi connectivity index (χ4v) is 5.80. The van der Waals surface area contributed by atoms with Crippen LogP contribution >= 0.6 is 0 Å². The van der Waals surface area contributed by atoms with Crippen molar-refractivity contribution in [3.63, 3.8) is 0 Å². The van der Waals surface area contributed by atoms with Crippen molar-refractivity contribution in [2.45, 2.75) is 30.2 Å². The Morgan fingerprint density at radius 3 is 2.47 bits per heavy atom. The Balaban J connectivity index is 1.17. The zero-order valence-corrected chi connectivity index (χ0v) is 19.4. The summed E-state index contributed by atoms with van der Waals surface area (Å²) in [5.74, 6) is 0.105. The molecule has 0 saturated carbocycles. The average molecular weight is 476 g/mol. The van der Waals surface area contributed by atoms with Gasteiger partial charge in [-0.25, -0.2) is 13.4 Å². The van der Waals surface area contributed by atoms with Crippen LogP contribution in [0.15, 0.2) is 84.3 Å². The predicted molar refractivity (Wildman–Crippen MR) is 128 cm³/mol. The topological polar surface area (TPSA) is 96.7 Å². The third kappa shape index (κ3) is 4.57. The smallest absolute Gasteiger partial charge is 0.251 e. The van der Waals surface area contributed by atoms with Crippen LogP contribution in [0.5, 0.6) is 0 Å². The summed E-state index contributed by atoms with van der Waals surface area (Å²) in [5.41, 5.74) is 3.21. The first kappa shape index (κ1) is 22.2. The van der Waals surface area contributed by atoms with Gasteiger partial charge in [-0.1, -0.05) is 30.3 Å². The number of benzene rings is 2. The third-order valence-corrected chi connectivity index (χ3v) is 8.15. The van der Waals surface area contributed by atoms with E-state index in [1.807, 2.05) is 47.1 Å². The minimum atomic E-state index is -3.45. The van der Waals surface area contributed by atoms with Gasteiger partial charge in [-0.05, 0) is 48.6 Å². The molecule has 2 aromatic heterocycles. The van der Waals surface area contributed by atoms with E-state index < -0.39 is 10.0 Å². The summed E-state index contributed by atoms with van der Waals surface area (Å²) < 4.78 is 29.1. The lowest BCUT2D eigenvalue weighted by Gasteiger charge is -2.31. The lowest BCUT2D eigenvalue weighted by molar-refractivity contribution is 0.0950. The molecule has 1 saturated heterocycles. The molecule has 174 valence electrons. The molecule has 1 amide bonds. The maximum absolute atomic E-state index is 12.8. The lowest BCUT2D eigenvalue weighted by atomic mass is 9.90. The molecule has 3 heterocycles. The molecule has 0 unspecified atom stereocenters. The van der Waals surface area contributed by atoms with Crippen molar-refractivity contribution in [3.05, 3.63) is 96.2 Å². The Morgan fingerprint density at radius 2 is 1.74 bits per heavy atom. The van der Waals surface area contributed by atoms with Crippen LogP contribution in [-0.4, -0.2) is 46.1 Å². The number of carbonyl (C=O) groups excluding carboxylic acids is 1. The van der Waals surface area contributed by atoms with Gasteiger partial charge in [0.1, 0.15) is 0 Å². The standard InChI is InChI=1S/C25H25N5O3S/c31-25(28-16-22-18-29-15-12-26-24(29)17-27-22)21-8-6-19(7-9-21)20-10-13-30(14-11-20)34(32,33)23-4-2-1-3-5-23/h1-9,12,15,17-18,20H,10-11,13-14,16H2,(H,28,31). The van der Waals surface area contributed by atoms with E-state index in [2.05, 4.69) is 15.3 Å². The number of fused-ring (bicyclic) bond motifs is 1. The predicted octanol–water partition coefficient (Wildman–Crippen LogP) is 3.23. The second-order valence-electron chi connectivity index (χ2n) is 8.37.